The molecule has 130 valence electrons. The summed E-state index contributed by atoms with van der Waals surface area (Å²) in [6.45, 7) is 2.90. The number of morpholine rings is 1. The van der Waals surface area contributed by atoms with Crippen LogP contribution in [-0.4, -0.2) is 50.3 Å². The molecule has 1 aromatic carbocycles. The van der Waals surface area contributed by atoms with Gasteiger partial charge >= 0.3 is 5.97 Å². The van der Waals surface area contributed by atoms with Crippen LogP contribution in [0, 0.1) is 0 Å². The van der Waals surface area contributed by atoms with E-state index in [1.807, 2.05) is 6.07 Å². The molecule has 1 aliphatic heterocycles. The van der Waals surface area contributed by atoms with Crippen molar-refractivity contribution in [2.75, 3.05) is 43.6 Å². The second-order valence-electron chi connectivity index (χ2n) is 5.55. The predicted molar refractivity (Wildman–Crippen MR) is 93.0 cm³/mol. The summed E-state index contributed by atoms with van der Waals surface area (Å²) >= 11 is 0. The number of esters is 1. The van der Waals surface area contributed by atoms with Gasteiger partial charge in [-0.3, -0.25) is 9.78 Å². The van der Waals surface area contributed by atoms with Crippen LogP contribution in [0.4, 0.5) is 11.4 Å². The molecule has 1 N–H and O–H groups in total. The summed E-state index contributed by atoms with van der Waals surface area (Å²) in [5.41, 5.74) is 2.39. The number of nitrogens with zero attached hydrogens (tertiary/aromatic N) is 2. The zero-order valence-corrected chi connectivity index (χ0v) is 13.9. The van der Waals surface area contributed by atoms with Crippen LogP contribution in [0.2, 0.25) is 0 Å². The molecule has 7 heteroatoms. The molecule has 1 saturated heterocycles. The smallest absolute Gasteiger partial charge is 0.337 e. The van der Waals surface area contributed by atoms with Gasteiger partial charge in [-0.05, 0) is 30.3 Å². The molecule has 0 radical (unpaired) electrons. The lowest BCUT2D eigenvalue weighted by Crippen LogP contribution is -2.36. The maximum Gasteiger partial charge on any atom is 0.337 e. The van der Waals surface area contributed by atoms with Gasteiger partial charge in [-0.15, -0.1) is 0 Å². The van der Waals surface area contributed by atoms with Crippen molar-refractivity contribution in [1.29, 1.82) is 0 Å². The summed E-state index contributed by atoms with van der Waals surface area (Å²) in [5.74, 6) is -0.672. The number of pyridine rings is 1. The molecule has 1 aromatic heterocycles. The van der Waals surface area contributed by atoms with E-state index in [2.05, 4.69) is 19.9 Å². The molecule has 0 atom stereocenters. The third-order valence-corrected chi connectivity index (χ3v) is 3.93. The van der Waals surface area contributed by atoms with E-state index in [0.29, 0.717) is 30.0 Å². The number of carbonyl (C=O) groups excluding carboxylic acids is 2. The van der Waals surface area contributed by atoms with E-state index in [0.717, 1.165) is 18.8 Å². The highest BCUT2D eigenvalue weighted by Crippen LogP contribution is 2.17. The minimum absolute atomic E-state index is 0.256. The molecule has 0 aliphatic carbocycles. The van der Waals surface area contributed by atoms with E-state index in [1.165, 1.54) is 13.3 Å². The first kappa shape index (κ1) is 16.9. The van der Waals surface area contributed by atoms with Gasteiger partial charge < -0.3 is 19.7 Å². The van der Waals surface area contributed by atoms with Crippen molar-refractivity contribution in [2.45, 2.75) is 0 Å². The Kier molecular flexibility index (Phi) is 5.25. The van der Waals surface area contributed by atoms with Crippen LogP contribution in [0.1, 0.15) is 20.7 Å². The van der Waals surface area contributed by atoms with E-state index in [4.69, 9.17) is 4.74 Å². The lowest BCUT2D eigenvalue weighted by atomic mass is 10.2. The Morgan fingerprint density at radius 3 is 2.52 bits per heavy atom. The standard InChI is InChI=1S/C18H19N3O4/c1-24-18(23)13-2-4-15(5-3-13)20-17(22)14-10-16(12-19-11-14)21-6-8-25-9-7-21/h2-5,10-12H,6-9H2,1H3,(H,20,22). The normalized spacial score (nSPS) is 14.0. The molecule has 7 nitrogen and oxygen atoms in total. The molecular formula is C18H19N3O4. The van der Waals surface area contributed by atoms with Gasteiger partial charge in [-0.1, -0.05) is 0 Å². The Hall–Kier alpha value is -2.93. The van der Waals surface area contributed by atoms with Crippen molar-refractivity contribution in [3.63, 3.8) is 0 Å². The first-order valence-corrected chi connectivity index (χ1v) is 7.95. The van der Waals surface area contributed by atoms with E-state index >= 15 is 0 Å². The molecule has 2 heterocycles. The summed E-state index contributed by atoms with van der Waals surface area (Å²) in [5, 5.41) is 2.80. The molecule has 0 unspecified atom stereocenters. The van der Waals surface area contributed by atoms with Crippen molar-refractivity contribution in [3.8, 4) is 0 Å². The van der Waals surface area contributed by atoms with Gasteiger partial charge in [0.25, 0.3) is 5.91 Å². The monoisotopic (exact) mass is 341 g/mol. The second-order valence-corrected chi connectivity index (χ2v) is 5.55. The molecule has 1 amide bonds. The van der Waals surface area contributed by atoms with Gasteiger partial charge in [0.1, 0.15) is 0 Å². The number of hydrogen-bond acceptors (Lipinski definition) is 6. The minimum atomic E-state index is -0.416. The number of aromatic nitrogens is 1. The topological polar surface area (TPSA) is 80.8 Å². The van der Waals surface area contributed by atoms with Crippen molar-refractivity contribution in [3.05, 3.63) is 53.9 Å². The van der Waals surface area contributed by atoms with Gasteiger partial charge in [-0.2, -0.15) is 0 Å². The van der Waals surface area contributed by atoms with E-state index in [1.54, 1.807) is 30.5 Å². The van der Waals surface area contributed by atoms with Crippen LogP contribution in [0.25, 0.3) is 0 Å². The van der Waals surface area contributed by atoms with Crippen LogP contribution in [0.5, 0.6) is 0 Å². The number of carbonyl (C=O) groups is 2. The number of ether oxygens (including phenoxy) is 2. The van der Waals surface area contributed by atoms with Gasteiger partial charge in [-0.25, -0.2) is 4.79 Å². The highest BCUT2D eigenvalue weighted by molar-refractivity contribution is 6.04. The van der Waals surface area contributed by atoms with Crippen LogP contribution >= 0.6 is 0 Å². The molecule has 25 heavy (non-hydrogen) atoms. The molecule has 3 rings (SSSR count). The number of amides is 1. The Bertz CT molecular complexity index is 755. The SMILES string of the molecule is COC(=O)c1ccc(NC(=O)c2cncc(N3CCOCC3)c2)cc1. The summed E-state index contributed by atoms with van der Waals surface area (Å²) in [4.78, 5) is 30.2. The molecular weight excluding hydrogens is 322 g/mol. The van der Waals surface area contributed by atoms with E-state index in [-0.39, 0.29) is 5.91 Å². The van der Waals surface area contributed by atoms with Gasteiger partial charge in [0, 0.05) is 25.0 Å². The molecule has 0 spiro atoms. The number of nitrogens with one attached hydrogen (secondary N) is 1. The van der Waals surface area contributed by atoms with Gasteiger partial charge in [0.15, 0.2) is 0 Å². The summed E-state index contributed by atoms with van der Waals surface area (Å²) < 4.78 is 9.99. The zero-order valence-electron chi connectivity index (χ0n) is 13.9. The molecule has 0 bridgehead atoms. The fourth-order valence-corrected chi connectivity index (χ4v) is 2.56. The van der Waals surface area contributed by atoms with Crippen LogP contribution in [-0.2, 0) is 9.47 Å². The molecule has 1 fully saturated rings. The van der Waals surface area contributed by atoms with Gasteiger partial charge in [0.2, 0.25) is 0 Å². The Balaban J connectivity index is 1.69. The Morgan fingerprint density at radius 2 is 1.84 bits per heavy atom. The van der Waals surface area contributed by atoms with Crippen LogP contribution in [0.15, 0.2) is 42.7 Å². The zero-order chi connectivity index (χ0) is 17.6. The number of hydrogen-bond donors (Lipinski definition) is 1. The first-order valence-electron chi connectivity index (χ1n) is 7.95. The van der Waals surface area contributed by atoms with Crippen molar-refractivity contribution < 1.29 is 19.1 Å². The summed E-state index contributed by atoms with van der Waals surface area (Å²) in [6.07, 6.45) is 3.27. The second kappa shape index (κ2) is 7.76. The molecule has 0 saturated carbocycles. The fraction of sp³-hybridized carbons (Fsp3) is 0.278. The largest absolute Gasteiger partial charge is 0.465 e. The quantitative estimate of drug-likeness (QED) is 0.856. The third-order valence-electron chi connectivity index (χ3n) is 3.93. The molecule has 2 aromatic rings. The number of benzene rings is 1. The number of rotatable bonds is 4. The summed E-state index contributed by atoms with van der Waals surface area (Å²) in [7, 11) is 1.33. The minimum Gasteiger partial charge on any atom is -0.465 e. The first-order chi connectivity index (χ1) is 12.2. The third kappa shape index (κ3) is 4.13. The van der Waals surface area contributed by atoms with Gasteiger partial charge in [0.05, 0.1) is 43.3 Å². The average Bonchev–Trinajstić information content (AvgIpc) is 2.68. The number of anilines is 2. The maximum absolute atomic E-state index is 12.4. The number of methoxy groups -OCH3 is 1. The summed E-state index contributed by atoms with van der Waals surface area (Å²) in [6, 6.07) is 8.33. The van der Waals surface area contributed by atoms with Crippen LogP contribution in [0.3, 0.4) is 0 Å². The lowest BCUT2D eigenvalue weighted by Gasteiger charge is -2.28. The highest BCUT2D eigenvalue weighted by atomic mass is 16.5. The molecule has 1 aliphatic rings. The maximum atomic E-state index is 12.4. The van der Waals surface area contributed by atoms with Crippen molar-refractivity contribution in [2.24, 2.45) is 0 Å². The predicted octanol–water partition coefficient (Wildman–Crippen LogP) is 1.96. The fourth-order valence-electron chi connectivity index (χ4n) is 2.56. The average molecular weight is 341 g/mol. The lowest BCUT2D eigenvalue weighted by molar-refractivity contribution is 0.0600. The Morgan fingerprint density at radius 1 is 1.12 bits per heavy atom. The highest BCUT2D eigenvalue weighted by Gasteiger charge is 2.14. The van der Waals surface area contributed by atoms with Crippen molar-refractivity contribution in [1.82, 2.24) is 4.98 Å². The Labute approximate surface area is 145 Å². The van der Waals surface area contributed by atoms with E-state index in [9.17, 15) is 9.59 Å². The van der Waals surface area contributed by atoms with E-state index < -0.39 is 5.97 Å². The van der Waals surface area contributed by atoms with Crippen molar-refractivity contribution >= 4 is 23.3 Å². The van der Waals surface area contributed by atoms with Crippen LogP contribution < -0.4 is 10.2 Å².